The lowest BCUT2D eigenvalue weighted by atomic mass is 9.86. The van der Waals surface area contributed by atoms with Gasteiger partial charge in [0.2, 0.25) is 0 Å². The van der Waals surface area contributed by atoms with E-state index in [1.54, 1.807) is 18.4 Å². The number of thiocarbonyl (C=S) groups is 1. The van der Waals surface area contributed by atoms with Crippen LogP contribution in [0.25, 0.3) is 0 Å². The van der Waals surface area contributed by atoms with Gasteiger partial charge in [0.05, 0.1) is 13.7 Å². The van der Waals surface area contributed by atoms with Gasteiger partial charge in [-0.1, -0.05) is 25.8 Å². The zero-order valence-corrected chi connectivity index (χ0v) is 16.5. The first-order valence-corrected chi connectivity index (χ1v) is 10.2. The number of hydrogen-bond acceptors (Lipinski definition) is 3. The molecular formula is C20H26N2OS2. The molecule has 3 nitrogen and oxygen atoms in total. The van der Waals surface area contributed by atoms with Crippen molar-refractivity contribution in [1.82, 2.24) is 5.32 Å². The van der Waals surface area contributed by atoms with E-state index in [9.17, 15) is 0 Å². The third-order valence-corrected chi connectivity index (χ3v) is 6.14. The van der Waals surface area contributed by atoms with Gasteiger partial charge in [-0.25, -0.2) is 0 Å². The van der Waals surface area contributed by atoms with Crippen LogP contribution in [0.2, 0.25) is 0 Å². The molecule has 1 N–H and O–H groups in total. The van der Waals surface area contributed by atoms with E-state index >= 15 is 0 Å². The van der Waals surface area contributed by atoms with Gasteiger partial charge in [0, 0.05) is 16.6 Å². The van der Waals surface area contributed by atoms with Gasteiger partial charge in [-0.05, 0) is 66.7 Å². The largest absolute Gasteiger partial charge is 0.497 e. The topological polar surface area (TPSA) is 24.5 Å². The highest BCUT2D eigenvalue weighted by Crippen LogP contribution is 2.26. The Hall–Kier alpha value is -1.59. The molecule has 5 heteroatoms. The fraction of sp³-hybridized carbons (Fsp3) is 0.450. The summed E-state index contributed by atoms with van der Waals surface area (Å²) in [5, 5.41) is 6.57. The van der Waals surface area contributed by atoms with Crippen LogP contribution in [0.4, 0.5) is 5.69 Å². The minimum atomic E-state index is 0.477. The van der Waals surface area contributed by atoms with Crippen molar-refractivity contribution >= 4 is 34.4 Å². The molecule has 0 radical (unpaired) electrons. The van der Waals surface area contributed by atoms with E-state index in [1.165, 1.54) is 30.6 Å². The van der Waals surface area contributed by atoms with E-state index in [0.29, 0.717) is 12.0 Å². The molecule has 25 heavy (non-hydrogen) atoms. The SMILES string of the molecule is COc1ccc(N(Cc2cccs2)C(=S)N[C@H]2CCCC[C@@H]2C)cc1. The molecular weight excluding hydrogens is 348 g/mol. The second kappa shape index (κ2) is 8.68. The van der Waals surface area contributed by atoms with Crippen LogP contribution in [0.5, 0.6) is 5.75 Å². The summed E-state index contributed by atoms with van der Waals surface area (Å²) in [6.45, 7) is 3.12. The first kappa shape index (κ1) is 18.2. The minimum absolute atomic E-state index is 0.477. The highest BCUT2D eigenvalue weighted by atomic mass is 32.1. The number of nitrogens with zero attached hydrogens (tertiary/aromatic N) is 1. The fourth-order valence-electron chi connectivity index (χ4n) is 3.37. The third-order valence-electron chi connectivity index (χ3n) is 4.94. The Labute approximate surface area is 160 Å². The van der Waals surface area contributed by atoms with E-state index in [-0.39, 0.29) is 0 Å². The Morgan fingerprint density at radius 3 is 2.64 bits per heavy atom. The van der Waals surface area contributed by atoms with Gasteiger partial charge < -0.3 is 15.0 Å². The van der Waals surface area contributed by atoms with Crippen LogP contribution in [-0.4, -0.2) is 18.3 Å². The van der Waals surface area contributed by atoms with Crippen molar-refractivity contribution in [2.75, 3.05) is 12.0 Å². The molecule has 1 aromatic heterocycles. The predicted molar refractivity (Wildman–Crippen MR) is 111 cm³/mol. The number of rotatable bonds is 5. The molecule has 0 saturated heterocycles. The molecule has 0 aliphatic heterocycles. The molecule has 1 fully saturated rings. The molecule has 1 aliphatic carbocycles. The zero-order valence-electron chi connectivity index (χ0n) is 14.9. The lowest BCUT2D eigenvalue weighted by Gasteiger charge is -2.34. The number of thiophene rings is 1. The number of anilines is 1. The quantitative estimate of drug-likeness (QED) is 0.726. The Morgan fingerprint density at radius 2 is 2.00 bits per heavy atom. The van der Waals surface area contributed by atoms with Crippen molar-refractivity contribution in [2.24, 2.45) is 5.92 Å². The smallest absolute Gasteiger partial charge is 0.174 e. The molecule has 1 aromatic carbocycles. The second-order valence-corrected chi connectivity index (χ2v) is 8.10. The Balaban J connectivity index is 1.77. The number of ether oxygens (including phenoxy) is 1. The summed E-state index contributed by atoms with van der Waals surface area (Å²) in [5.74, 6) is 1.53. The van der Waals surface area contributed by atoms with Gasteiger partial charge in [-0.3, -0.25) is 0 Å². The summed E-state index contributed by atoms with van der Waals surface area (Å²) < 4.78 is 5.29. The summed E-state index contributed by atoms with van der Waals surface area (Å²) in [7, 11) is 1.69. The van der Waals surface area contributed by atoms with Crippen molar-refractivity contribution in [1.29, 1.82) is 0 Å². The number of hydrogen-bond donors (Lipinski definition) is 1. The van der Waals surface area contributed by atoms with Crippen molar-refractivity contribution in [3.05, 3.63) is 46.7 Å². The van der Waals surface area contributed by atoms with Crippen LogP contribution in [0.3, 0.4) is 0 Å². The first-order chi connectivity index (χ1) is 12.2. The summed E-state index contributed by atoms with van der Waals surface area (Å²) in [4.78, 5) is 3.50. The van der Waals surface area contributed by atoms with Crippen molar-refractivity contribution in [2.45, 2.75) is 45.2 Å². The molecule has 0 bridgehead atoms. The molecule has 1 saturated carbocycles. The summed E-state index contributed by atoms with van der Waals surface area (Å²) in [6.07, 6.45) is 5.12. The Morgan fingerprint density at radius 1 is 1.24 bits per heavy atom. The Kier molecular flexibility index (Phi) is 6.32. The molecule has 1 aliphatic rings. The van der Waals surface area contributed by atoms with Crippen molar-refractivity contribution < 1.29 is 4.74 Å². The van der Waals surface area contributed by atoms with E-state index in [2.05, 4.69) is 46.8 Å². The Bertz CT molecular complexity index is 670. The second-order valence-electron chi connectivity index (χ2n) is 6.68. The first-order valence-electron chi connectivity index (χ1n) is 8.92. The van der Waals surface area contributed by atoms with Gasteiger partial charge in [-0.15, -0.1) is 11.3 Å². The van der Waals surface area contributed by atoms with E-state index < -0.39 is 0 Å². The molecule has 0 spiro atoms. The van der Waals surface area contributed by atoms with Crippen molar-refractivity contribution in [3.8, 4) is 5.75 Å². The molecule has 2 aromatic rings. The molecule has 0 unspecified atom stereocenters. The van der Waals surface area contributed by atoms with Gasteiger partial charge in [0.25, 0.3) is 0 Å². The van der Waals surface area contributed by atoms with E-state index in [1.807, 2.05) is 12.1 Å². The van der Waals surface area contributed by atoms with Crippen LogP contribution in [0, 0.1) is 5.92 Å². The molecule has 2 atom stereocenters. The molecule has 134 valence electrons. The molecule has 3 rings (SSSR count). The maximum Gasteiger partial charge on any atom is 0.174 e. The van der Waals surface area contributed by atoms with Gasteiger partial charge in [-0.2, -0.15) is 0 Å². The van der Waals surface area contributed by atoms with Crippen LogP contribution in [0.1, 0.15) is 37.5 Å². The monoisotopic (exact) mass is 374 g/mol. The van der Waals surface area contributed by atoms with E-state index in [4.69, 9.17) is 17.0 Å². The number of benzene rings is 1. The van der Waals surface area contributed by atoms with Crippen LogP contribution < -0.4 is 15.0 Å². The number of methoxy groups -OCH3 is 1. The normalized spacial score (nSPS) is 20.1. The standard InChI is InChI=1S/C20H26N2OS2/c1-15-6-3-4-8-19(15)21-20(24)22(14-18-7-5-13-25-18)16-9-11-17(23-2)12-10-16/h5,7,9-13,15,19H,3-4,6,8,14H2,1-2H3,(H,21,24)/t15-,19-/m0/s1. The fourth-order valence-corrected chi connectivity index (χ4v) is 4.38. The highest BCUT2D eigenvalue weighted by Gasteiger charge is 2.24. The van der Waals surface area contributed by atoms with E-state index in [0.717, 1.165) is 23.1 Å². The van der Waals surface area contributed by atoms with Gasteiger partial charge in [0.1, 0.15) is 5.75 Å². The minimum Gasteiger partial charge on any atom is -0.497 e. The lowest BCUT2D eigenvalue weighted by molar-refractivity contribution is 0.309. The van der Waals surface area contributed by atoms with Gasteiger partial charge >= 0.3 is 0 Å². The average Bonchev–Trinajstić information content (AvgIpc) is 3.15. The van der Waals surface area contributed by atoms with Crippen LogP contribution >= 0.6 is 23.6 Å². The molecule has 0 amide bonds. The lowest BCUT2D eigenvalue weighted by Crippen LogP contribution is -2.47. The summed E-state index contributed by atoms with van der Waals surface area (Å²) >= 11 is 7.58. The molecule has 1 heterocycles. The summed E-state index contributed by atoms with van der Waals surface area (Å²) in [6, 6.07) is 12.9. The van der Waals surface area contributed by atoms with Crippen molar-refractivity contribution in [3.63, 3.8) is 0 Å². The predicted octanol–water partition coefficient (Wildman–Crippen LogP) is 5.22. The third kappa shape index (κ3) is 4.73. The zero-order chi connectivity index (χ0) is 17.6. The van der Waals surface area contributed by atoms with Gasteiger partial charge in [0.15, 0.2) is 5.11 Å². The van der Waals surface area contributed by atoms with Crippen LogP contribution in [0.15, 0.2) is 41.8 Å². The average molecular weight is 375 g/mol. The van der Waals surface area contributed by atoms with Crippen LogP contribution in [-0.2, 0) is 6.54 Å². The number of nitrogens with one attached hydrogen (secondary N) is 1. The summed E-state index contributed by atoms with van der Waals surface area (Å²) in [5.41, 5.74) is 1.09. The maximum absolute atomic E-state index is 5.81. The highest BCUT2D eigenvalue weighted by molar-refractivity contribution is 7.80. The maximum atomic E-state index is 5.81.